The van der Waals surface area contributed by atoms with Crippen LogP contribution >= 0.6 is 0 Å². The Morgan fingerprint density at radius 1 is 0.895 bits per heavy atom. The zero-order chi connectivity index (χ0) is 26.3. The largest absolute Gasteiger partial charge is 0.455 e. The molecule has 0 N–H and O–H groups in total. The fourth-order valence-corrected chi connectivity index (χ4v) is 7.33. The van der Waals surface area contributed by atoms with Crippen LogP contribution in [0.4, 0.5) is 0 Å². The second-order valence-corrected chi connectivity index (χ2v) is 12.9. The molecule has 0 atom stereocenters. The smallest absolute Gasteiger partial charge is 0.228 e. The van der Waals surface area contributed by atoms with Crippen LogP contribution in [0.3, 0.4) is 0 Å². The maximum atomic E-state index is 6.99. The van der Waals surface area contributed by atoms with Crippen molar-refractivity contribution in [3.05, 3.63) is 77.5 Å². The molecule has 5 aromatic rings. The lowest BCUT2D eigenvalue weighted by atomic mass is 9.71. The van der Waals surface area contributed by atoms with E-state index in [-0.39, 0.29) is 0 Å². The predicted octanol–water partition coefficient (Wildman–Crippen LogP) is 9.86. The van der Waals surface area contributed by atoms with Crippen molar-refractivity contribution in [2.75, 3.05) is 0 Å². The maximum Gasteiger partial charge on any atom is 0.228 e. The molecule has 1 aliphatic heterocycles. The topological polar surface area (TPSA) is 13.1 Å². The molecule has 2 aliphatic rings. The van der Waals surface area contributed by atoms with Crippen LogP contribution in [0.25, 0.3) is 43.6 Å². The van der Waals surface area contributed by atoms with Crippen molar-refractivity contribution < 1.29 is 9.30 Å². The van der Waals surface area contributed by atoms with Gasteiger partial charge in [0.2, 0.25) is 5.69 Å². The van der Waals surface area contributed by atoms with Gasteiger partial charge in [0, 0.05) is 17.0 Å². The number of rotatable bonds is 2. The second-order valence-electron chi connectivity index (χ2n) is 12.9. The van der Waals surface area contributed by atoms with Crippen LogP contribution in [0.5, 0.6) is 11.5 Å². The molecule has 0 spiro atoms. The van der Waals surface area contributed by atoms with Crippen molar-refractivity contribution in [1.82, 2.24) is 0 Å². The summed E-state index contributed by atoms with van der Waals surface area (Å²) < 4.78 is 9.29. The Morgan fingerprint density at radius 2 is 1.63 bits per heavy atom. The first-order chi connectivity index (χ1) is 18.2. The van der Waals surface area contributed by atoms with Crippen LogP contribution in [0, 0.1) is 12.3 Å². The molecule has 2 heterocycles. The van der Waals surface area contributed by atoms with Gasteiger partial charge in [0.1, 0.15) is 18.5 Å². The van der Waals surface area contributed by atoms with Gasteiger partial charge in [0.05, 0.1) is 10.9 Å². The minimum Gasteiger partial charge on any atom is -0.455 e. The van der Waals surface area contributed by atoms with Crippen LogP contribution in [0.1, 0.15) is 81.9 Å². The molecule has 1 fully saturated rings. The highest BCUT2D eigenvalue weighted by atomic mass is 16.5. The minimum absolute atomic E-state index is 0.350. The van der Waals surface area contributed by atoms with Gasteiger partial charge in [0.25, 0.3) is 0 Å². The molecule has 7 rings (SSSR count). The summed E-state index contributed by atoms with van der Waals surface area (Å²) in [5.74, 6) is 3.04. The van der Waals surface area contributed by atoms with Gasteiger partial charge in [-0.1, -0.05) is 70.2 Å². The van der Waals surface area contributed by atoms with E-state index in [1.807, 2.05) is 0 Å². The molecule has 2 nitrogen and oxygen atoms in total. The van der Waals surface area contributed by atoms with Crippen LogP contribution in [0.2, 0.25) is 0 Å². The molecular formula is C36H38NO+. The number of aromatic nitrogens is 1. The first kappa shape index (κ1) is 23.7. The first-order valence-corrected chi connectivity index (χ1v) is 14.4. The highest BCUT2D eigenvalue weighted by Gasteiger charge is 2.34. The van der Waals surface area contributed by atoms with Gasteiger partial charge in [-0.05, 0) is 88.6 Å². The van der Waals surface area contributed by atoms with E-state index in [2.05, 4.69) is 107 Å². The molecule has 0 radical (unpaired) electrons. The van der Waals surface area contributed by atoms with E-state index in [0.717, 1.165) is 11.5 Å². The quantitative estimate of drug-likeness (QED) is 0.170. The third-order valence-corrected chi connectivity index (χ3v) is 9.53. The van der Waals surface area contributed by atoms with Gasteiger partial charge in [-0.25, -0.2) is 4.57 Å². The number of nitrogens with zero attached hydrogens (tertiary/aromatic N) is 1. The Labute approximate surface area is 226 Å². The summed E-state index contributed by atoms with van der Waals surface area (Å²) in [6.45, 7) is 11.7. The molecule has 0 saturated heterocycles. The third-order valence-electron chi connectivity index (χ3n) is 9.53. The molecule has 4 aromatic carbocycles. The molecular weight excluding hydrogens is 462 g/mol. The van der Waals surface area contributed by atoms with E-state index in [9.17, 15) is 0 Å². The van der Waals surface area contributed by atoms with Crippen LogP contribution in [-0.2, 0) is 7.05 Å². The van der Waals surface area contributed by atoms with E-state index >= 15 is 0 Å². The number of aryl methyl sites for hydroxylation is 2. The van der Waals surface area contributed by atoms with Crippen LogP contribution < -0.4 is 9.30 Å². The number of fused-ring (bicyclic) bond motifs is 5. The van der Waals surface area contributed by atoms with E-state index in [1.165, 1.54) is 85.9 Å². The third kappa shape index (κ3) is 3.42. The molecule has 1 aliphatic carbocycles. The lowest BCUT2D eigenvalue weighted by molar-refractivity contribution is -0.659. The molecule has 0 unspecified atom stereocenters. The normalized spacial score (nSPS) is 16.8. The number of pyridine rings is 1. The number of hydrogen-bond acceptors (Lipinski definition) is 1. The summed E-state index contributed by atoms with van der Waals surface area (Å²) >= 11 is 0. The van der Waals surface area contributed by atoms with Crippen LogP contribution in [0.15, 0.2) is 60.8 Å². The molecule has 192 valence electrons. The second kappa shape index (κ2) is 8.30. The van der Waals surface area contributed by atoms with Crippen molar-refractivity contribution in [3.63, 3.8) is 0 Å². The average Bonchev–Trinajstić information content (AvgIpc) is 2.89. The Hall–Kier alpha value is -3.39. The van der Waals surface area contributed by atoms with Crippen molar-refractivity contribution in [2.45, 2.75) is 72.1 Å². The summed E-state index contributed by atoms with van der Waals surface area (Å²) in [7, 11) is 2.18. The Kier molecular flexibility index (Phi) is 5.18. The van der Waals surface area contributed by atoms with E-state index in [0.29, 0.717) is 17.3 Å². The fraction of sp³-hybridized carbons (Fsp3) is 0.361. The summed E-state index contributed by atoms with van der Waals surface area (Å²) in [4.78, 5) is 0. The Bertz CT molecular complexity index is 1760. The number of benzene rings is 4. The first-order valence-electron chi connectivity index (χ1n) is 14.4. The highest BCUT2D eigenvalue weighted by Crippen LogP contribution is 2.53. The zero-order valence-electron chi connectivity index (χ0n) is 23.6. The van der Waals surface area contributed by atoms with E-state index < -0.39 is 0 Å². The van der Waals surface area contributed by atoms with Crippen molar-refractivity contribution in [2.24, 2.45) is 12.5 Å². The van der Waals surface area contributed by atoms with E-state index in [1.54, 1.807) is 0 Å². The van der Waals surface area contributed by atoms with E-state index in [4.69, 9.17) is 4.74 Å². The predicted molar refractivity (Wildman–Crippen MR) is 159 cm³/mol. The van der Waals surface area contributed by atoms with Crippen molar-refractivity contribution in [3.8, 4) is 22.8 Å². The van der Waals surface area contributed by atoms with Crippen LogP contribution in [-0.4, -0.2) is 0 Å². The van der Waals surface area contributed by atoms with Gasteiger partial charge >= 0.3 is 0 Å². The van der Waals surface area contributed by atoms with Crippen molar-refractivity contribution >= 4 is 32.3 Å². The maximum absolute atomic E-state index is 6.99. The van der Waals surface area contributed by atoms with Gasteiger partial charge in [-0.2, -0.15) is 0 Å². The SMILES string of the molecule is Cc1c2c(c(C(C)C)c3ccccc13)Oc1cc3cc(C4CCC(C)(C)CC4)ccc3c3cc[n+](C)c-2c13. The molecule has 2 heteroatoms. The molecule has 1 aromatic heterocycles. The van der Waals surface area contributed by atoms with Gasteiger partial charge in [0.15, 0.2) is 6.20 Å². The molecule has 38 heavy (non-hydrogen) atoms. The standard InChI is InChI=1S/C36H38NO/c1-21(2)31-28-10-8-7-9-26(28)22(3)32-34-33-29(15-18-37(34)6)27-12-11-24(23-13-16-36(4,5)17-14-23)19-25(27)20-30(33)38-35(31)32/h7-12,15,18-21,23H,13-14,16-17H2,1-6H3/q+1. The fourth-order valence-electron chi connectivity index (χ4n) is 7.33. The lowest BCUT2D eigenvalue weighted by Gasteiger charge is -2.34. The summed E-state index contributed by atoms with van der Waals surface area (Å²) in [6, 6.07) is 20.6. The highest BCUT2D eigenvalue weighted by molar-refractivity contribution is 6.16. The van der Waals surface area contributed by atoms with Gasteiger partial charge < -0.3 is 4.74 Å². The summed E-state index contributed by atoms with van der Waals surface area (Å²) in [6.07, 6.45) is 7.42. The molecule has 0 amide bonds. The number of hydrogen-bond donors (Lipinski definition) is 0. The Balaban J connectivity index is 1.49. The van der Waals surface area contributed by atoms with Gasteiger partial charge in [-0.3, -0.25) is 0 Å². The molecule has 1 saturated carbocycles. The average molecular weight is 501 g/mol. The van der Waals surface area contributed by atoms with Gasteiger partial charge in [-0.15, -0.1) is 0 Å². The lowest BCUT2D eigenvalue weighted by Crippen LogP contribution is -2.32. The monoisotopic (exact) mass is 500 g/mol. The zero-order valence-corrected chi connectivity index (χ0v) is 23.6. The number of ether oxygens (including phenoxy) is 1. The van der Waals surface area contributed by atoms with Crippen molar-refractivity contribution in [1.29, 1.82) is 0 Å². The molecule has 0 bridgehead atoms. The summed E-state index contributed by atoms with van der Waals surface area (Å²) in [5, 5.41) is 7.75. The minimum atomic E-state index is 0.350. The summed E-state index contributed by atoms with van der Waals surface area (Å²) in [5.41, 5.74) is 7.09. The Morgan fingerprint density at radius 3 is 2.37 bits per heavy atom.